The Hall–Kier alpha value is -0.690. The first-order chi connectivity index (χ1) is 4.22. The molecule has 2 N–H and O–H groups in total. The van der Waals surface area contributed by atoms with Crippen molar-refractivity contribution in [1.82, 2.24) is 0 Å². The molecule has 1 rings (SSSR count). The van der Waals surface area contributed by atoms with E-state index in [0.29, 0.717) is 10.7 Å². The number of halogens is 1. The predicted octanol–water partition coefficient (Wildman–Crippen LogP) is 2.03. The molecular weight excluding hydrogens is 134 g/mol. The maximum absolute atomic E-state index is 5.73. The third-order valence-corrected chi connectivity index (χ3v) is 1.65. The van der Waals surface area contributed by atoms with Gasteiger partial charge in [0.1, 0.15) is 0 Å². The molecule has 0 saturated heterocycles. The van der Waals surface area contributed by atoms with Gasteiger partial charge in [-0.2, -0.15) is 0 Å². The van der Waals surface area contributed by atoms with E-state index < -0.39 is 0 Å². The topological polar surface area (TPSA) is 26.0 Å². The fraction of sp³-hybridized carbons (Fsp3) is 0.143. The van der Waals surface area contributed by atoms with Crippen molar-refractivity contribution in [3.8, 4) is 0 Å². The van der Waals surface area contributed by atoms with Gasteiger partial charge in [0, 0.05) is 0 Å². The zero-order valence-corrected chi connectivity index (χ0v) is 5.87. The van der Waals surface area contributed by atoms with Crippen LogP contribution in [-0.2, 0) is 0 Å². The molecule has 0 aliphatic heterocycles. The maximum atomic E-state index is 5.73. The first-order valence-corrected chi connectivity index (χ1v) is 3.01. The third kappa shape index (κ3) is 1.16. The number of nitrogen functional groups attached to an aromatic ring is 1. The van der Waals surface area contributed by atoms with Crippen molar-refractivity contribution in [3.05, 3.63) is 28.8 Å². The first-order valence-electron chi connectivity index (χ1n) is 2.63. The molecule has 0 atom stereocenters. The second kappa shape index (κ2) is 2.28. The van der Waals surface area contributed by atoms with Gasteiger partial charge in [0.05, 0.1) is 10.7 Å². The highest BCUT2D eigenvalue weighted by atomic mass is 35.5. The quantitative estimate of drug-likeness (QED) is 0.549. The van der Waals surface area contributed by atoms with Gasteiger partial charge in [-0.05, 0) is 30.7 Å². The number of benzene rings is 1. The van der Waals surface area contributed by atoms with E-state index in [9.17, 15) is 0 Å². The van der Waals surface area contributed by atoms with Crippen molar-refractivity contribution in [2.24, 2.45) is 0 Å². The summed E-state index contributed by atoms with van der Waals surface area (Å²) in [6, 6.07) is 6.33. The van der Waals surface area contributed by atoms with E-state index in [4.69, 9.17) is 17.3 Å². The van der Waals surface area contributed by atoms with Crippen LogP contribution in [0.1, 0.15) is 5.56 Å². The van der Waals surface area contributed by atoms with Crippen molar-refractivity contribution in [1.29, 1.82) is 0 Å². The van der Waals surface area contributed by atoms with Crippen LogP contribution in [0, 0.1) is 13.0 Å². The van der Waals surface area contributed by atoms with Crippen molar-refractivity contribution in [3.63, 3.8) is 0 Å². The molecule has 1 aromatic rings. The van der Waals surface area contributed by atoms with E-state index in [1.807, 2.05) is 6.92 Å². The summed E-state index contributed by atoms with van der Waals surface area (Å²) in [5.41, 5.74) is 7.02. The summed E-state index contributed by atoms with van der Waals surface area (Å²) in [4.78, 5) is 0. The fourth-order valence-corrected chi connectivity index (χ4v) is 0.720. The summed E-state index contributed by atoms with van der Waals surface area (Å²) in [6.07, 6.45) is 0. The molecule has 0 aliphatic carbocycles. The van der Waals surface area contributed by atoms with Crippen LogP contribution >= 0.6 is 11.6 Å². The van der Waals surface area contributed by atoms with Gasteiger partial charge in [-0.1, -0.05) is 11.6 Å². The van der Waals surface area contributed by atoms with Gasteiger partial charge >= 0.3 is 0 Å². The van der Waals surface area contributed by atoms with E-state index in [0.717, 1.165) is 5.56 Å². The summed E-state index contributed by atoms with van der Waals surface area (Å²) in [7, 11) is 0. The standard InChI is InChI=1S/C7H7ClN/c1-5-3-2-4-6(9)7(5)8/h3-4H,9H2,1H3. The van der Waals surface area contributed by atoms with Crippen LogP contribution in [0.5, 0.6) is 0 Å². The van der Waals surface area contributed by atoms with E-state index in [2.05, 4.69) is 6.07 Å². The number of anilines is 1. The minimum absolute atomic E-state index is 0.594. The highest BCUT2D eigenvalue weighted by Gasteiger charge is 1.95. The molecule has 9 heavy (non-hydrogen) atoms. The van der Waals surface area contributed by atoms with Crippen LogP contribution in [0.25, 0.3) is 0 Å². The Balaban J connectivity index is 3.25. The molecule has 47 valence electrons. The number of aryl methyl sites for hydroxylation is 1. The second-order valence-corrected chi connectivity index (χ2v) is 2.29. The highest BCUT2D eigenvalue weighted by Crippen LogP contribution is 2.20. The van der Waals surface area contributed by atoms with Gasteiger partial charge in [0.25, 0.3) is 0 Å². The van der Waals surface area contributed by atoms with E-state index in [-0.39, 0.29) is 0 Å². The molecule has 0 heterocycles. The number of hydrogen-bond donors (Lipinski definition) is 1. The molecule has 0 unspecified atom stereocenters. The molecule has 0 aromatic heterocycles. The van der Waals surface area contributed by atoms with Crippen LogP contribution in [0.4, 0.5) is 5.69 Å². The lowest BCUT2D eigenvalue weighted by atomic mass is 10.2. The summed E-state index contributed by atoms with van der Waals surface area (Å²) >= 11 is 5.73. The van der Waals surface area contributed by atoms with E-state index in [1.165, 1.54) is 0 Å². The zero-order chi connectivity index (χ0) is 6.85. The first kappa shape index (κ1) is 6.43. The lowest BCUT2D eigenvalue weighted by Gasteiger charge is -1.97. The van der Waals surface area contributed by atoms with Crippen molar-refractivity contribution < 1.29 is 0 Å². The van der Waals surface area contributed by atoms with Gasteiger partial charge in [0.2, 0.25) is 0 Å². The Labute approximate surface area is 59.4 Å². The van der Waals surface area contributed by atoms with Gasteiger partial charge in [-0.25, -0.2) is 0 Å². The SMILES string of the molecule is Cc1c[c]cc(N)c1Cl. The lowest BCUT2D eigenvalue weighted by Crippen LogP contribution is -1.86. The minimum Gasteiger partial charge on any atom is -0.397 e. The average molecular weight is 141 g/mol. The third-order valence-electron chi connectivity index (χ3n) is 1.14. The molecule has 2 heteroatoms. The average Bonchev–Trinajstić information content (AvgIpc) is 1.83. The van der Waals surface area contributed by atoms with Crippen LogP contribution in [0.3, 0.4) is 0 Å². The normalized spacial score (nSPS) is 9.56. The summed E-state index contributed by atoms with van der Waals surface area (Å²) in [5.74, 6) is 0. The van der Waals surface area contributed by atoms with Crippen molar-refractivity contribution >= 4 is 17.3 Å². The highest BCUT2D eigenvalue weighted by molar-refractivity contribution is 6.33. The Morgan fingerprint density at radius 1 is 1.56 bits per heavy atom. The number of rotatable bonds is 0. The van der Waals surface area contributed by atoms with Gasteiger partial charge < -0.3 is 5.73 Å². The zero-order valence-electron chi connectivity index (χ0n) is 5.11. The summed E-state index contributed by atoms with van der Waals surface area (Å²) in [5, 5.41) is 0.633. The molecule has 1 aromatic carbocycles. The van der Waals surface area contributed by atoms with Crippen molar-refractivity contribution in [2.75, 3.05) is 5.73 Å². The largest absolute Gasteiger partial charge is 0.397 e. The fourth-order valence-electron chi connectivity index (χ4n) is 0.611. The van der Waals surface area contributed by atoms with E-state index in [1.54, 1.807) is 12.1 Å². The molecule has 0 fully saturated rings. The number of nitrogens with two attached hydrogens (primary N) is 1. The van der Waals surface area contributed by atoms with Gasteiger partial charge in [0.15, 0.2) is 0 Å². The predicted molar refractivity (Wildman–Crippen MR) is 39.4 cm³/mol. The molecule has 1 radical (unpaired) electrons. The van der Waals surface area contributed by atoms with Gasteiger partial charge in [-0.3, -0.25) is 0 Å². The molecule has 1 nitrogen and oxygen atoms in total. The van der Waals surface area contributed by atoms with E-state index >= 15 is 0 Å². The lowest BCUT2D eigenvalue weighted by molar-refractivity contribution is 1.47. The molecule has 0 aliphatic rings. The molecule has 0 bridgehead atoms. The Bertz CT molecular complexity index is 200. The molecule has 0 spiro atoms. The molecule has 0 saturated carbocycles. The second-order valence-electron chi connectivity index (χ2n) is 1.91. The number of hydrogen-bond acceptors (Lipinski definition) is 1. The van der Waals surface area contributed by atoms with Crippen LogP contribution in [-0.4, -0.2) is 0 Å². The Kier molecular flexibility index (Phi) is 1.63. The maximum Gasteiger partial charge on any atom is 0.0664 e. The van der Waals surface area contributed by atoms with Gasteiger partial charge in [-0.15, -0.1) is 0 Å². The summed E-state index contributed by atoms with van der Waals surface area (Å²) in [6.45, 7) is 1.90. The summed E-state index contributed by atoms with van der Waals surface area (Å²) < 4.78 is 0. The molecule has 0 amide bonds. The Morgan fingerprint density at radius 2 is 2.22 bits per heavy atom. The molecular formula is C7H7ClN. The Morgan fingerprint density at radius 3 is 2.67 bits per heavy atom. The minimum atomic E-state index is 0.594. The van der Waals surface area contributed by atoms with Crippen molar-refractivity contribution in [2.45, 2.75) is 6.92 Å². The van der Waals surface area contributed by atoms with Crippen LogP contribution < -0.4 is 5.73 Å². The van der Waals surface area contributed by atoms with Crippen LogP contribution in [0.15, 0.2) is 12.1 Å². The van der Waals surface area contributed by atoms with Crippen LogP contribution in [0.2, 0.25) is 5.02 Å². The monoisotopic (exact) mass is 140 g/mol. The smallest absolute Gasteiger partial charge is 0.0664 e.